The molecule has 1 aromatic heterocycles. The number of benzene rings is 1. The third kappa shape index (κ3) is 4.37. The Labute approximate surface area is 128 Å². The molecule has 1 N–H and O–H groups in total. The highest BCUT2D eigenvalue weighted by molar-refractivity contribution is 5.88. The van der Waals surface area contributed by atoms with Gasteiger partial charge in [-0.05, 0) is 36.8 Å². The number of furan rings is 1. The number of esters is 1. The van der Waals surface area contributed by atoms with Crippen molar-refractivity contribution < 1.29 is 23.5 Å². The molecule has 0 aliphatic rings. The molecule has 2 rings (SSSR count). The number of nitrogens with one attached hydrogen (secondary N) is 1. The van der Waals surface area contributed by atoms with Crippen molar-refractivity contribution in [2.45, 2.75) is 13.5 Å². The van der Waals surface area contributed by atoms with Crippen molar-refractivity contribution in [2.75, 3.05) is 13.7 Å². The van der Waals surface area contributed by atoms with Gasteiger partial charge < -0.3 is 19.2 Å². The molecule has 6 heteroatoms. The maximum Gasteiger partial charge on any atom is 0.374 e. The summed E-state index contributed by atoms with van der Waals surface area (Å²) in [5.41, 5.74) is 0.890. The minimum absolute atomic E-state index is 0.0816. The van der Waals surface area contributed by atoms with Crippen LogP contribution in [0.25, 0.3) is 0 Å². The van der Waals surface area contributed by atoms with Crippen LogP contribution in [0.1, 0.15) is 21.9 Å². The highest BCUT2D eigenvalue weighted by Crippen LogP contribution is 2.12. The largest absolute Gasteiger partial charge is 0.497 e. The molecule has 0 aliphatic heterocycles. The van der Waals surface area contributed by atoms with Crippen molar-refractivity contribution >= 4 is 11.9 Å². The van der Waals surface area contributed by atoms with Crippen LogP contribution in [0.4, 0.5) is 0 Å². The third-order valence-electron chi connectivity index (χ3n) is 2.90. The van der Waals surface area contributed by atoms with Crippen LogP contribution in [0, 0.1) is 6.92 Å². The van der Waals surface area contributed by atoms with Crippen LogP contribution in [-0.2, 0) is 16.1 Å². The first-order valence-corrected chi connectivity index (χ1v) is 6.71. The second-order valence-corrected chi connectivity index (χ2v) is 4.61. The summed E-state index contributed by atoms with van der Waals surface area (Å²) >= 11 is 0. The van der Waals surface area contributed by atoms with Crippen molar-refractivity contribution in [1.29, 1.82) is 0 Å². The number of amides is 1. The zero-order chi connectivity index (χ0) is 15.9. The zero-order valence-corrected chi connectivity index (χ0v) is 12.4. The number of ether oxygens (including phenoxy) is 2. The normalized spacial score (nSPS) is 10.1. The van der Waals surface area contributed by atoms with Gasteiger partial charge in [0, 0.05) is 6.54 Å². The van der Waals surface area contributed by atoms with E-state index >= 15 is 0 Å². The van der Waals surface area contributed by atoms with Gasteiger partial charge in [-0.1, -0.05) is 12.1 Å². The lowest BCUT2D eigenvalue weighted by Crippen LogP contribution is -2.28. The van der Waals surface area contributed by atoms with E-state index < -0.39 is 5.97 Å². The van der Waals surface area contributed by atoms with Crippen LogP contribution in [-0.4, -0.2) is 25.6 Å². The van der Waals surface area contributed by atoms with Gasteiger partial charge in [0.25, 0.3) is 5.91 Å². The summed E-state index contributed by atoms with van der Waals surface area (Å²) < 4.78 is 15.1. The molecule has 0 spiro atoms. The molecule has 116 valence electrons. The summed E-state index contributed by atoms with van der Waals surface area (Å²) in [6.45, 7) is 1.69. The highest BCUT2D eigenvalue weighted by atomic mass is 16.5. The smallest absolute Gasteiger partial charge is 0.374 e. The summed E-state index contributed by atoms with van der Waals surface area (Å²) in [6, 6.07) is 10.5. The van der Waals surface area contributed by atoms with E-state index in [1.807, 2.05) is 24.3 Å². The molecule has 0 unspecified atom stereocenters. The van der Waals surface area contributed by atoms with Gasteiger partial charge >= 0.3 is 5.97 Å². The molecule has 2 aromatic rings. The van der Waals surface area contributed by atoms with Gasteiger partial charge in [-0.2, -0.15) is 0 Å². The minimum atomic E-state index is -0.662. The molecule has 22 heavy (non-hydrogen) atoms. The van der Waals surface area contributed by atoms with Crippen LogP contribution < -0.4 is 10.1 Å². The summed E-state index contributed by atoms with van der Waals surface area (Å²) in [4.78, 5) is 23.3. The molecular weight excluding hydrogens is 286 g/mol. The van der Waals surface area contributed by atoms with Gasteiger partial charge in [0.2, 0.25) is 5.76 Å². The first-order chi connectivity index (χ1) is 10.6. The number of carbonyl (C=O) groups excluding carboxylic acids is 2. The molecule has 0 saturated heterocycles. The molecule has 0 radical (unpaired) electrons. The lowest BCUT2D eigenvalue weighted by molar-refractivity contribution is -0.124. The second-order valence-electron chi connectivity index (χ2n) is 4.61. The SMILES string of the molecule is COc1cccc(CNC(=O)COC(=O)c2ccc(C)o2)c1. The molecule has 1 aromatic carbocycles. The van der Waals surface area contributed by atoms with Crippen LogP contribution >= 0.6 is 0 Å². The Morgan fingerprint density at radius 1 is 1.23 bits per heavy atom. The first kappa shape index (κ1) is 15.6. The lowest BCUT2D eigenvalue weighted by atomic mass is 10.2. The molecule has 0 saturated carbocycles. The molecule has 6 nitrogen and oxygen atoms in total. The number of carbonyl (C=O) groups is 2. The Morgan fingerprint density at radius 3 is 2.73 bits per heavy atom. The quantitative estimate of drug-likeness (QED) is 0.827. The van der Waals surface area contributed by atoms with Crippen LogP contribution in [0.15, 0.2) is 40.8 Å². The van der Waals surface area contributed by atoms with E-state index in [4.69, 9.17) is 13.9 Å². The van der Waals surface area contributed by atoms with E-state index in [2.05, 4.69) is 5.32 Å². The predicted molar refractivity (Wildman–Crippen MR) is 78.6 cm³/mol. The van der Waals surface area contributed by atoms with E-state index in [9.17, 15) is 9.59 Å². The predicted octanol–water partition coefficient (Wildman–Crippen LogP) is 2.07. The van der Waals surface area contributed by atoms with Crippen molar-refractivity contribution in [1.82, 2.24) is 5.32 Å². The number of aryl methyl sites for hydroxylation is 1. The fourth-order valence-corrected chi connectivity index (χ4v) is 1.78. The average molecular weight is 303 g/mol. The van der Waals surface area contributed by atoms with Gasteiger partial charge in [-0.15, -0.1) is 0 Å². The Morgan fingerprint density at radius 2 is 2.05 bits per heavy atom. The standard InChI is InChI=1S/C16H17NO5/c1-11-6-7-14(22-11)16(19)21-10-15(18)17-9-12-4-3-5-13(8-12)20-2/h3-8H,9-10H2,1-2H3,(H,17,18). The summed E-state index contributed by atoms with van der Waals surface area (Å²) in [6.07, 6.45) is 0. The lowest BCUT2D eigenvalue weighted by Gasteiger charge is -2.07. The Hall–Kier alpha value is -2.76. The van der Waals surface area contributed by atoms with Crippen LogP contribution in [0.3, 0.4) is 0 Å². The maximum absolute atomic E-state index is 11.7. The summed E-state index contributed by atoms with van der Waals surface area (Å²) in [5.74, 6) is 0.350. The number of methoxy groups -OCH3 is 1. The molecule has 0 bridgehead atoms. The van der Waals surface area contributed by atoms with E-state index in [1.165, 1.54) is 6.07 Å². The van der Waals surface area contributed by atoms with E-state index in [0.29, 0.717) is 18.1 Å². The average Bonchev–Trinajstić information content (AvgIpc) is 2.97. The Balaban J connectivity index is 1.77. The maximum atomic E-state index is 11.7. The van der Waals surface area contributed by atoms with Crippen molar-refractivity contribution in [3.63, 3.8) is 0 Å². The van der Waals surface area contributed by atoms with Crippen LogP contribution in [0.2, 0.25) is 0 Å². The van der Waals surface area contributed by atoms with Gasteiger partial charge in [0.15, 0.2) is 6.61 Å². The monoisotopic (exact) mass is 303 g/mol. The Bertz CT molecular complexity index is 662. The van der Waals surface area contributed by atoms with Crippen molar-refractivity contribution in [2.24, 2.45) is 0 Å². The van der Waals surface area contributed by atoms with Gasteiger partial charge in [-0.25, -0.2) is 4.79 Å². The van der Waals surface area contributed by atoms with Gasteiger partial charge in [-0.3, -0.25) is 4.79 Å². The van der Waals surface area contributed by atoms with E-state index in [-0.39, 0.29) is 18.3 Å². The molecule has 1 heterocycles. The zero-order valence-electron chi connectivity index (χ0n) is 12.4. The minimum Gasteiger partial charge on any atom is -0.497 e. The van der Waals surface area contributed by atoms with Crippen molar-refractivity contribution in [3.8, 4) is 5.75 Å². The van der Waals surface area contributed by atoms with E-state index in [0.717, 1.165) is 5.56 Å². The second kappa shape index (κ2) is 7.31. The number of hydrogen-bond donors (Lipinski definition) is 1. The van der Waals surface area contributed by atoms with Crippen molar-refractivity contribution in [3.05, 3.63) is 53.5 Å². The highest BCUT2D eigenvalue weighted by Gasteiger charge is 2.13. The van der Waals surface area contributed by atoms with Gasteiger partial charge in [0.05, 0.1) is 7.11 Å². The molecule has 1 amide bonds. The fraction of sp³-hybridized carbons (Fsp3) is 0.250. The van der Waals surface area contributed by atoms with Gasteiger partial charge in [0.1, 0.15) is 11.5 Å². The number of rotatable bonds is 6. The molecule has 0 fully saturated rings. The number of hydrogen-bond acceptors (Lipinski definition) is 5. The van der Waals surface area contributed by atoms with E-state index in [1.54, 1.807) is 20.1 Å². The van der Waals surface area contributed by atoms with Crippen LogP contribution in [0.5, 0.6) is 5.75 Å². The topological polar surface area (TPSA) is 77.8 Å². The molecule has 0 atom stereocenters. The summed E-state index contributed by atoms with van der Waals surface area (Å²) in [7, 11) is 1.58. The molecular formula is C16H17NO5. The fourth-order valence-electron chi connectivity index (χ4n) is 1.78. The molecule has 0 aliphatic carbocycles. The first-order valence-electron chi connectivity index (χ1n) is 6.71. The summed E-state index contributed by atoms with van der Waals surface area (Å²) in [5, 5.41) is 2.66. The Kier molecular flexibility index (Phi) is 5.19. The third-order valence-corrected chi connectivity index (χ3v) is 2.90.